The van der Waals surface area contributed by atoms with Crippen LogP contribution in [0.5, 0.6) is 0 Å². The molecule has 24 heavy (non-hydrogen) atoms. The molecule has 0 unspecified atom stereocenters. The third kappa shape index (κ3) is 2.21. The van der Waals surface area contributed by atoms with Crippen LogP contribution >= 0.6 is 11.3 Å². The molecule has 0 amide bonds. The molecule has 0 aliphatic heterocycles. The molecule has 3 aromatic rings. The summed E-state index contributed by atoms with van der Waals surface area (Å²) in [6, 6.07) is 0.234. The number of thiophene rings is 1. The zero-order valence-electron chi connectivity index (χ0n) is 13.3. The van der Waals surface area contributed by atoms with Crippen LogP contribution in [0.15, 0.2) is 22.5 Å². The monoisotopic (exact) mass is 343 g/mol. The van der Waals surface area contributed by atoms with Crippen LogP contribution < -0.4 is 10.9 Å². The molecule has 1 aliphatic rings. The molecule has 1 fully saturated rings. The average molecular weight is 343 g/mol. The Morgan fingerprint density at radius 2 is 2.08 bits per heavy atom. The summed E-state index contributed by atoms with van der Waals surface area (Å²) >= 11 is 1.32. The Labute approximate surface area is 141 Å². The second-order valence-corrected chi connectivity index (χ2v) is 7.07. The number of pyridine rings is 1. The van der Waals surface area contributed by atoms with Gasteiger partial charge in [-0.25, -0.2) is 9.97 Å². The topological polar surface area (TPSA) is 89.2 Å². The predicted octanol–water partition coefficient (Wildman–Crippen LogP) is 3.95. The number of anilines is 1. The van der Waals surface area contributed by atoms with Crippen LogP contribution in [-0.2, 0) is 0 Å². The number of nitroso groups, excluding NO2 is 1. The zero-order chi connectivity index (χ0) is 16.7. The number of nitrogens with one attached hydrogen (secondary N) is 1. The van der Waals surface area contributed by atoms with E-state index in [1.807, 2.05) is 0 Å². The standard InChI is InChI=1S/C16H17N5O2S/c1-17-12-10(20-23)7-18-15-11(12)13-14(24-15)16(22)21(8-19-13)9-5-3-2-4-6-9/h7-9H,2-6H2,1H3,(H,17,18). The summed E-state index contributed by atoms with van der Waals surface area (Å²) in [5.74, 6) is 0. The first-order chi connectivity index (χ1) is 11.7. The molecule has 0 bridgehead atoms. The van der Waals surface area contributed by atoms with Crippen molar-refractivity contribution in [3.63, 3.8) is 0 Å². The molecule has 0 aromatic carbocycles. The van der Waals surface area contributed by atoms with Crippen molar-refractivity contribution >= 4 is 43.1 Å². The lowest BCUT2D eigenvalue weighted by Gasteiger charge is -2.23. The van der Waals surface area contributed by atoms with Crippen molar-refractivity contribution in [3.8, 4) is 0 Å². The van der Waals surface area contributed by atoms with Gasteiger partial charge < -0.3 is 5.32 Å². The molecule has 1 saturated carbocycles. The Morgan fingerprint density at radius 3 is 2.79 bits per heavy atom. The molecular formula is C16H17N5O2S. The van der Waals surface area contributed by atoms with Crippen molar-refractivity contribution in [2.45, 2.75) is 38.1 Å². The van der Waals surface area contributed by atoms with E-state index in [4.69, 9.17) is 0 Å². The first kappa shape index (κ1) is 15.2. The van der Waals surface area contributed by atoms with Gasteiger partial charge in [0.1, 0.15) is 20.7 Å². The minimum Gasteiger partial charge on any atom is -0.386 e. The lowest BCUT2D eigenvalue weighted by Crippen LogP contribution is -2.26. The molecular weight excluding hydrogens is 326 g/mol. The second-order valence-electron chi connectivity index (χ2n) is 6.07. The highest BCUT2D eigenvalue weighted by atomic mass is 32.1. The van der Waals surface area contributed by atoms with Crippen molar-refractivity contribution < 1.29 is 0 Å². The third-order valence-corrected chi connectivity index (χ3v) is 5.81. The van der Waals surface area contributed by atoms with Gasteiger partial charge in [-0.2, -0.15) is 0 Å². The molecule has 0 saturated heterocycles. The van der Waals surface area contributed by atoms with Gasteiger partial charge in [0.15, 0.2) is 0 Å². The highest BCUT2D eigenvalue weighted by Gasteiger charge is 2.21. The highest BCUT2D eigenvalue weighted by Crippen LogP contribution is 2.39. The van der Waals surface area contributed by atoms with Gasteiger partial charge in [0.25, 0.3) is 5.56 Å². The van der Waals surface area contributed by atoms with Gasteiger partial charge in [-0.3, -0.25) is 9.36 Å². The Bertz CT molecular complexity index is 987. The SMILES string of the molecule is CNc1c(N=O)cnc2sc3c(=O)n(C4CCCCC4)cnc3c12. The summed E-state index contributed by atoms with van der Waals surface area (Å²) in [6.45, 7) is 0. The van der Waals surface area contributed by atoms with Crippen molar-refractivity contribution in [3.05, 3.63) is 27.8 Å². The number of hydrogen-bond donors (Lipinski definition) is 1. The number of hydrogen-bond acceptors (Lipinski definition) is 7. The fraction of sp³-hybridized carbons (Fsp3) is 0.438. The maximum absolute atomic E-state index is 13.0. The number of aromatic nitrogens is 3. The van der Waals surface area contributed by atoms with Crippen LogP contribution in [-0.4, -0.2) is 21.6 Å². The van der Waals surface area contributed by atoms with Gasteiger partial charge in [-0.05, 0) is 18.0 Å². The van der Waals surface area contributed by atoms with Crippen molar-refractivity contribution in [1.82, 2.24) is 14.5 Å². The highest BCUT2D eigenvalue weighted by molar-refractivity contribution is 7.25. The zero-order valence-corrected chi connectivity index (χ0v) is 14.1. The molecule has 4 rings (SSSR count). The van der Waals surface area contributed by atoms with Gasteiger partial charge in [0, 0.05) is 13.1 Å². The van der Waals surface area contributed by atoms with Crippen molar-refractivity contribution in [2.24, 2.45) is 5.18 Å². The van der Waals surface area contributed by atoms with E-state index in [1.54, 1.807) is 17.9 Å². The summed E-state index contributed by atoms with van der Waals surface area (Å²) in [7, 11) is 1.72. The van der Waals surface area contributed by atoms with E-state index in [-0.39, 0.29) is 17.3 Å². The molecule has 3 aromatic heterocycles. The van der Waals surface area contributed by atoms with E-state index < -0.39 is 0 Å². The molecule has 0 atom stereocenters. The first-order valence-electron chi connectivity index (χ1n) is 8.08. The molecule has 3 heterocycles. The van der Waals surface area contributed by atoms with Gasteiger partial charge in [-0.15, -0.1) is 16.2 Å². The lowest BCUT2D eigenvalue weighted by molar-refractivity contribution is 0.345. The molecule has 1 N–H and O–H groups in total. The molecule has 124 valence electrons. The minimum atomic E-state index is -0.0161. The smallest absolute Gasteiger partial charge is 0.271 e. The maximum atomic E-state index is 13.0. The van der Waals surface area contributed by atoms with E-state index in [0.29, 0.717) is 26.1 Å². The van der Waals surface area contributed by atoms with Crippen LogP contribution in [0.3, 0.4) is 0 Å². The summed E-state index contributed by atoms with van der Waals surface area (Å²) in [5.41, 5.74) is 1.37. The van der Waals surface area contributed by atoms with Gasteiger partial charge in [-0.1, -0.05) is 19.3 Å². The minimum absolute atomic E-state index is 0.0161. The Kier molecular flexibility index (Phi) is 3.76. The number of nitrogens with zero attached hydrogens (tertiary/aromatic N) is 4. The van der Waals surface area contributed by atoms with Gasteiger partial charge >= 0.3 is 0 Å². The normalized spacial score (nSPS) is 15.9. The number of fused-ring (bicyclic) bond motifs is 3. The molecule has 1 aliphatic carbocycles. The van der Waals surface area contributed by atoms with E-state index in [2.05, 4.69) is 20.5 Å². The maximum Gasteiger partial charge on any atom is 0.271 e. The van der Waals surface area contributed by atoms with E-state index in [9.17, 15) is 9.70 Å². The van der Waals surface area contributed by atoms with Crippen LogP contribution in [0.25, 0.3) is 20.4 Å². The molecule has 7 nitrogen and oxygen atoms in total. The van der Waals surface area contributed by atoms with Crippen LogP contribution in [0.4, 0.5) is 11.4 Å². The largest absolute Gasteiger partial charge is 0.386 e. The van der Waals surface area contributed by atoms with Crippen molar-refractivity contribution in [1.29, 1.82) is 0 Å². The van der Waals surface area contributed by atoms with E-state index in [1.165, 1.54) is 24.0 Å². The Balaban J connectivity index is 1.98. The van der Waals surface area contributed by atoms with E-state index >= 15 is 0 Å². The Hall–Kier alpha value is -2.35. The fourth-order valence-electron chi connectivity index (χ4n) is 3.54. The third-order valence-electron chi connectivity index (χ3n) is 4.73. The van der Waals surface area contributed by atoms with Gasteiger partial charge in [0.2, 0.25) is 0 Å². The van der Waals surface area contributed by atoms with Gasteiger partial charge in [0.05, 0.1) is 23.6 Å². The van der Waals surface area contributed by atoms with Crippen LogP contribution in [0, 0.1) is 4.91 Å². The Morgan fingerprint density at radius 1 is 1.29 bits per heavy atom. The summed E-state index contributed by atoms with van der Waals surface area (Å²) in [4.78, 5) is 33.5. The summed E-state index contributed by atoms with van der Waals surface area (Å²) < 4.78 is 2.36. The van der Waals surface area contributed by atoms with E-state index in [0.717, 1.165) is 25.7 Å². The second kappa shape index (κ2) is 5.94. The van der Waals surface area contributed by atoms with Crippen molar-refractivity contribution in [2.75, 3.05) is 12.4 Å². The first-order valence-corrected chi connectivity index (χ1v) is 8.89. The lowest BCUT2D eigenvalue weighted by atomic mass is 9.95. The fourth-order valence-corrected chi connectivity index (χ4v) is 4.58. The average Bonchev–Trinajstić information content (AvgIpc) is 3.01. The quantitative estimate of drug-likeness (QED) is 0.727. The molecule has 0 radical (unpaired) electrons. The van der Waals surface area contributed by atoms with Crippen LogP contribution in [0.2, 0.25) is 0 Å². The molecule has 0 spiro atoms. The molecule has 8 heteroatoms. The predicted molar refractivity (Wildman–Crippen MR) is 96.3 cm³/mol. The summed E-state index contributed by atoms with van der Waals surface area (Å²) in [5, 5.41) is 6.70. The number of rotatable bonds is 3. The van der Waals surface area contributed by atoms with Crippen LogP contribution in [0.1, 0.15) is 38.1 Å². The summed E-state index contributed by atoms with van der Waals surface area (Å²) in [6.07, 6.45) is 8.67.